The van der Waals surface area contributed by atoms with E-state index >= 15 is 0 Å². The summed E-state index contributed by atoms with van der Waals surface area (Å²) < 4.78 is 1.91. The van der Waals surface area contributed by atoms with Crippen LogP contribution in [0.15, 0.2) is 72.6 Å². The molecule has 0 radical (unpaired) electrons. The van der Waals surface area contributed by atoms with Crippen molar-refractivity contribution in [1.29, 1.82) is 0 Å². The molecule has 5 nitrogen and oxygen atoms in total. The van der Waals surface area contributed by atoms with Crippen LogP contribution in [0.3, 0.4) is 0 Å². The average Bonchev–Trinajstić information content (AvgIpc) is 3.24. The Balaban J connectivity index is 1.59. The van der Waals surface area contributed by atoms with Gasteiger partial charge in [0, 0.05) is 27.6 Å². The van der Waals surface area contributed by atoms with Crippen molar-refractivity contribution in [3.8, 4) is 5.69 Å². The molecule has 1 aliphatic heterocycles. The van der Waals surface area contributed by atoms with Crippen LogP contribution in [-0.2, 0) is 11.3 Å². The van der Waals surface area contributed by atoms with Gasteiger partial charge in [-0.05, 0) is 60.2 Å². The van der Waals surface area contributed by atoms with Crippen LogP contribution in [0.5, 0.6) is 0 Å². The van der Waals surface area contributed by atoms with Crippen molar-refractivity contribution < 1.29 is 9.59 Å². The summed E-state index contributed by atoms with van der Waals surface area (Å²) in [5, 5.41) is 3.90. The van der Waals surface area contributed by atoms with Crippen molar-refractivity contribution in [3.05, 3.63) is 93.9 Å². The number of nitrogens with one attached hydrogen (secondary N) is 1. The first kappa shape index (κ1) is 18.3. The Kier molecular flexibility index (Phi) is 4.94. The molecule has 1 fully saturated rings. The van der Waals surface area contributed by atoms with Gasteiger partial charge in [0.05, 0.1) is 6.54 Å². The fraction of sp³-hybridized carbons (Fsp3) is 0.0476. The molecule has 1 N–H and O–H groups in total. The molecule has 1 aromatic heterocycles. The second kappa shape index (κ2) is 7.54. The predicted molar refractivity (Wildman–Crippen MR) is 109 cm³/mol. The Morgan fingerprint density at radius 2 is 1.54 bits per heavy atom. The Morgan fingerprint density at radius 3 is 2.21 bits per heavy atom. The first-order valence-electron chi connectivity index (χ1n) is 8.53. The van der Waals surface area contributed by atoms with Gasteiger partial charge in [0.1, 0.15) is 5.70 Å². The van der Waals surface area contributed by atoms with E-state index in [-0.39, 0.29) is 18.1 Å². The van der Waals surface area contributed by atoms with Crippen molar-refractivity contribution in [2.75, 3.05) is 0 Å². The molecule has 28 heavy (non-hydrogen) atoms. The summed E-state index contributed by atoms with van der Waals surface area (Å²) in [5.41, 5.74) is 2.71. The van der Waals surface area contributed by atoms with Gasteiger partial charge >= 0.3 is 6.03 Å². The molecule has 0 saturated carbocycles. The molecular weight excluding hydrogens is 397 g/mol. The molecule has 0 atom stereocenters. The molecule has 1 aliphatic rings. The van der Waals surface area contributed by atoms with E-state index in [0.29, 0.717) is 10.0 Å². The van der Waals surface area contributed by atoms with E-state index < -0.39 is 6.03 Å². The molecule has 7 heteroatoms. The number of aromatic nitrogens is 1. The maximum Gasteiger partial charge on any atom is 0.329 e. The lowest BCUT2D eigenvalue weighted by Gasteiger charge is -2.11. The van der Waals surface area contributed by atoms with Gasteiger partial charge in [0.25, 0.3) is 5.91 Å². The average molecular weight is 412 g/mol. The second-order valence-electron chi connectivity index (χ2n) is 6.29. The number of hydrogen-bond acceptors (Lipinski definition) is 2. The molecule has 2 aromatic carbocycles. The van der Waals surface area contributed by atoms with E-state index in [4.69, 9.17) is 23.2 Å². The number of halogens is 2. The minimum absolute atomic E-state index is 0.178. The number of carbonyl (C=O) groups is 2. The zero-order valence-corrected chi connectivity index (χ0v) is 16.1. The number of hydrogen-bond donors (Lipinski definition) is 1. The van der Waals surface area contributed by atoms with Gasteiger partial charge in [0.15, 0.2) is 0 Å². The maximum absolute atomic E-state index is 12.7. The topological polar surface area (TPSA) is 54.3 Å². The highest BCUT2D eigenvalue weighted by atomic mass is 35.5. The SMILES string of the molecule is O=C1N/C(=C\c2cccn2-c2ccc(Cl)cc2)C(=O)N1Cc1ccc(Cl)cc1. The van der Waals surface area contributed by atoms with Crippen LogP contribution >= 0.6 is 23.2 Å². The summed E-state index contributed by atoms with van der Waals surface area (Å²) in [5.74, 6) is -0.371. The number of benzene rings is 2. The maximum atomic E-state index is 12.7. The van der Waals surface area contributed by atoms with E-state index in [9.17, 15) is 9.59 Å². The first-order chi connectivity index (χ1) is 13.5. The quantitative estimate of drug-likeness (QED) is 0.491. The summed E-state index contributed by atoms with van der Waals surface area (Å²) in [6.07, 6.45) is 3.54. The number of rotatable bonds is 4. The van der Waals surface area contributed by atoms with E-state index in [2.05, 4.69) is 5.32 Å². The van der Waals surface area contributed by atoms with Gasteiger partial charge in [-0.15, -0.1) is 0 Å². The number of nitrogens with zero attached hydrogens (tertiary/aromatic N) is 2. The van der Waals surface area contributed by atoms with E-state index in [1.54, 1.807) is 42.5 Å². The van der Waals surface area contributed by atoms with E-state index in [1.165, 1.54) is 4.90 Å². The zero-order chi connectivity index (χ0) is 19.7. The van der Waals surface area contributed by atoms with Crippen LogP contribution in [0.2, 0.25) is 10.0 Å². The van der Waals surface area contributed by atoms with Crippen LogP contribution in [0.4, 0.5) is 4.79 Å². The normalized spacial score (nSPS) is 15.4. The van der Waals surface area contributed by atoms with Gasteiger partial charge in [0.2, 0.25) is 0 Å². The molecular formula is C21H15Cl2N3O2. The fourth-order valence-corrected chi connectivity index (χ4v) is 3.24. The minimum Gasteiger partial charge on any atom is -0.317 e. The van der Waals surface area contributed by atoms with Gasteiger partial charge in [-0.25, -0.2) is 4.79 Å². The summed E-state index contributed by atoms with van der Waals surface area (Å²) in [4.78, 5) is 26.2. The molecule has 3 amide bonds. The highest BCUT2D eigenvalue weighted by molar-refractivity contribution is 6.30. The summed E-state index contributed by atoms with van der Waals surface area (Å²) in [6.45, 7) is 0.178. The second-order valence-corrected chi connectivity index (χ2v) is 7.16. The van der Waals surface area contributed by atoms with Gasteiger partial charge in [-0.3, -0.25) is 9.69 Å². The number of urea groups is 1. The summed E-state index contributed by atoms with van der Waals surface area (Å²) >= 11 is 11.8. The van der Waals surface area contributed by atoms with Crippen molar-refractivity contribution in [2.45, 2.75) is 6.54 Å². The summed E-state index contributed by atoms with van der Waals surface area (Å²) in [7, 11) is 0. The van der Waals surface area contributed by atoms with Crippen molar-refractivity contribution >= 4 is 41.2 Å². The smallest absolute Gasteiger partial charge is 0.317 e. The molecule has 0 unspecified atom stereocenters. The number of carbonyl (C=O) groups excluding carboxylic acids is 2. The number of amides is 3. The van der Waals surface area contributed by atoms with Gasteiger partial charge < -0.3 is 9.88 Å². The highest BCUT2D eigenvalue weighted by Crippen LogP contribution is 2.21. The van der Waals surface area contributed by atoms with Crippen LogP contribution in [-0.4, -0.2) is 21.4 Å². The van der Waals surface area contributed by atoms with Crippen molar-refractivity contribution in [2.24, 2.45) is 0 Å². The molecule has 1 saturated heterocycles. The van der Waals surface area contributed by atoms with Crippen LogP contribution in [0, 0.1) is 0 Å². The molecule has 140 valence electrons. The molecule has 0 spiro atoms. The van der Waals surface area contributed by atoms with Crippen molar-refractivity contribution in [1.82, 2.24) is 14.8 Å². The molecule has 3 aromatic rings. The lowest BCUT2D eigenvalue weighted by atomic mass is 10.2. The Labute approximate surface area is 171 Å². The fourth-order valence-electron chi connectivity index (χ4n) is 2.98. The van der Waals surface area contributed by atoms with E-state index in [1.807, 2.05) is 35.0 Å². The molecule has 4 rings (SSSR count). The zero-order valence-electron chi connectivity index (χ0n) is 14.6. The van der Waals surface area contributed by atoms with Gasteiger partial charge in [-0.1, -0.05) is 35.3 Å². The third kappa shape index (κ3) is 3.67. The Hall–Kier alpha value is -3.02. The third-order valence-corrected chi connectivity index (χ3v) is 4.90. The predicted octanol–water partition coefficient (Wildman–Crippen LogP) is 4.88. The largest absolute Gasteiger partial charge is 0.329 e. The van der Waals surface area contributed by atoms with Crippen LogP contribution in [0.1, 0.15) is 11.3 Å². The lowest BCUT2D eigenvalue weighted by molar-refractivity contribution is -0.123. The summed E-state index contributed by atoms with van der Waals surface area (Å²) in [6, 6.07) is 17.7. The first-order valence-corrected chi connectivity index (χ1v) is 9.29. The van der Waals surface area contributed by atoms with Crippen LogP contribution in [0.25, 0.3) is 11.8 Å². The standard InChI is InChI=1S/C21H15Cl2N3O2/c22-15-5-3-14(4-6-15)13-26-20(27)19(24-21(26)28)12-18-2-1-11-25(18)17-9-7-16(23)8-10-17/h1-12H,13H2,(H,24,28)/b19-12-. The Morgan fingerprint density at radius 1 is 0.893 bits per heavy atom. The monoisotopic (exact) mass is 411 g/mol. The van der Waals surface area contributed by atoms with Crippen molar-refractivity contribution in [3.63, 3.8) is 0 Å². The number of imide groups is 1. The minimum atomic E-state index is -0.448. The lowest BCUT2D eigenvalue weighted by Crippen LogP contribution is -2.30. The molecule has 2 heterocycles. The highest BCUT2D eigenvalue weighted by Gasteiger charge is 2.33. The van der Waals surface area contributed by atoms with Crippen LogP contribution < -0.4 is 5.32 Å². The van der Waals surface area contributed by atoms with E-state index in [0.717, 1.165) is 16.9 Å². The van der Waals surface area contributed by atoms with Gasteiger partial charge in [-0.2, -0.15) is 0 Å². The third-order valence-electron chi connectivity index (χ3n) is 4.39. The Bertz CT molecular complexity index is 1070. The molecule has 0 bridgehead atoms. The molecule has 0 aliphatic carbocycles.